The highest BCUT2D eigenvalue weighted by molar-refractivity contribution is 4.96. The van der Waals surface area contributed by atoms with Gasteiger partial charge in [0.2, 0.25) is 0 Å². The van der Waals surface area contributed by atoms with Crippen LogP contribution in [0.2, 0.25) is 0 Å². The van der Waals surface area contributed by atoms with Crippen LogP contribution in [0.3, 0.4) is 0 Å². The first-order valence-corrected chi connectivity index (χ1v) is 10.0. The Bertz CT molecular complexity index is 341. The maximum atomic E-state index is 2.81. The average Bonchev–Trinajstić information content (AvgIpc) is 2.47. The second-order valence-electron chi connectivity index (χ2n) is 8.96. The van der Waals surface area contributed by atoms with E-state index in [1.165, 1.54) is 71.1 Å². The number of rotatable bonds is 4. The zero-order valence-corrected chi connectivity index (χ0v) is 15.5. The number of piperidine rings is 1. The van der Waals surface area contributed by atoms with Crippen molar-refractivity contribution in [2.45, 2.75) is 84.7 Å². The van der Waals surface area contributed by atoms with Crippen LogP contribution in [0.25, 0.3) is 0 Å². The van der Waals surface area contributed by atoms with Gasteiger partial charge in [-0.15, -0.1) is 0 Å². The third kappa shape index (κ3) is 3.38. The summed E-state index contributed by atoms with van der Waals surface area (Å²) in [6.45, 7) is 14.9. The fourth-order valence-electron chi connectivity index (χ4n) is 5.16. The van der Waals surface area contributed by atoms with Crippen LogP contribution < -0.4 is 0 Å². The summed E-state index contributed by atoms with van der Waals surface area (Å²) in [5.74, 6) is 1.98. The lowest BCUT2D eigenvalue weighted by Crippen LogP contribution is -2.63. The van der Waals surface area contributed by atoms with Crippen molar-refractivity contribution in [3.05, 3.63) is 0 Å². The van der Waals surface area contributed by atoms with Gasteiger partial charge in [-0.1, -0.05) is 20.3 Å². The molecule has 1 spiro atoms. The zero-order valence-electron chi connectivity index (χ0n) is 15.5. The van der Waals surface area contributed by atoms with E-state index in [-0.39, 0.29) is 0 Å². The summed E-state index contributed by atoms with van der Waals surface area (Å²) in [7, 11) is 0. The van der Waals surface area contributed by atoms with E-state index in [1.54, 1.807) is 0 Å². The number of hydrogen-bond acceptors (Lipinski definition) is 2. The molecule has 3 aliphatic rings. The monoisotopic (exact) mass is 306 g/mol. The Kier molecular flexibility index (Phi) is 5.19. The first-order valence-electron chi connectivity index (χ1n) is 10.0. The van der Waals surface area contributed by atoms with Crippen LogP contribution in [-0.4, -0.2) is 48.1 Å². The Balaban J connectivity index is 1.43. The molecule has 2 heterocycles. The molecule has 1 saturated carbocycles. The minimum Gasteiger partial charge on any atom is -0.298 e. The first kappa shape index (κ1) is 16.8. The van der Waals surface area contributed by atoms with Gasteiger partial charge in [0.15, 0.2) is 0 Å². The molecule has 2 nitrogen and oxygen atoms in total. The molecule has 2 heteroatoms. The highest BCUT2D eigenvalue weighted by Crippen LogP contribution is 2.48. The topological polar surface area (TPSA) is 6.48 Å². The summed E-state index contributed by atoms with van der Waals surface area (Å²) >= 11 is 0. The third-order valence-corrected chi connectivity index (χ3v) is 7.54. The van der Waals surface area contributed by atoms with Crippen molar-refractivity contribution in [2.75, 3.05) is 26.2 Å². The van der Waals surface area contributed by atoms with E-state index in [0.29, 0.717) is 0 Å². The number of hydrogen-bond donors (Lipinski definition) is 0. The predicted octanol–water partition coefficient (Wildman–Crippen LogP) is 4.40. The molecule has 0 N–H and O–H groups in total. The van der Waals surface area contributed by atoms with Crippen LogP contribution in [0, 0.1) is 17.3 Å². The summed E-state index contributed by atoms with van der Waals surface area (Å²) in [4.78, 5) is 5.43. The fraction of sp³-hybridized carbons (Fsp3) is 1.00. The van der Waals surface area contributed by atoms with Crippen LogP contribution in [0.4, 0.5) is 0 Å². The van der Waals surface area contributed by atoms with E-state index in [1.807, 2.05) is 0 Å². The molecule has 128 valence electrons. The first-order chi connectivity index (χ1) is 10.5. The molecule has 0 aromatic carbocycles. The number of likely N-dealkylation sites (tertiary alicyclic amines) is 2. The molecule has 2 aliphatic heterocycles. The molecule has 0 radical (unpaired) electrons. The van der Waals surface area contributed by atoms with Crippen molar-refractivity contribution < 1.29 is 0 Å². The van der Waals surface area contributed by atoms with Gasteiger partial charge in [-0.3, -0.25) is 9.80 Å². The molecule has 3 rings (SSSR count). The smallest absolute Gasteiger partial charge is 0.0350 e. The van der Waals surface area contributed by atoms with Gasteiger partial charge < -0.3 is 0 Å². The second kappa shape index (κ2) is 6.81. The SMILES string of the molecule is CCC(C)C1CCC2(CC1)CCN(C1CN(C(C)C)C1)CC2. The van der Waals surface area contributed by atoms with Crippen LogP contribution >= 0.6 is 0 Å². The van der Waals surface area contributed by atoms with E-state index in [0.717, 1.165) is 29.3 Å². The Labute approximate surface area is 138 Å². The Morgan fingerprint density at radius 1 is 0.955 bits per heavy atom. The summed E-state index contributed by atoms with van der Waals surface area (Å²) in [6.07, 6.45) is 10.4. The van der Waals surface area contributed by atoms with E-state index in [2.05, 4.69) is 37.5 Å². The molecule has 3 fully saturated rings. The van der Waals surface area contributed by atoms with Crippen molar-refractivity contribution in [1.82, 2.24) is 9.80 Å². The molecule has 0 aromatic rings. The molecule has 2 saturated heterocycles. The molecule has 0 aromatic heterocycles. The Morgan fingerprint density at radius 3 is 2.05 bits per heavy atom. The van der Waals surface area contributed by atoms with E-state index in [4.69, 9.17) is 0 Å². The lowest BCUT2D eigenvalue weighted by Gasteiger charge is -2.53. The van der Waals surface area contributed by atoms with Gasteiger partial charge in [-0.05, 0) is 82.7 Å². The fourth-order valence-corrected chi connectivity index (χ4v) is 5.16. The van der Waals surface area contributed by atoms with Gasteiger partial charge in [0.1, 0.15) is 0 Å². The van der Waals surface area contributed by atoms with Gasteiger partial charge in [-0.2, -0.15) is 0 Å². The van der Waals surface area contributed by atoms with Crippen molar-refractivity contribution >= 4 is 0 Å². The largest absolute Gasteiger partial charge is 0.298 e. The van der Waals surface area contributed by atoms with Gasteiger partial charge in [0, 0.05) is 25.2 Å². The molecule has 1 unspecified atom stereocenters. The predicted molar refractivity (Wildman–Crippen MR) is 95.2 cm³/mol. The maximum Gasteiger partial charge on any atom is 0.0350 e. The molecule has 1 atom stereocenters. The molecule has 22 heavy (non-hydrogen) atoms. The lowest BCUT2D eigenvalue weighted by atomic mass is 9.63. The summed E-state index contributed by atoms with van der Waals surface area (Å²) in [5, 5.41) is 0. The van der Waals surface area contributed by atoms with Crippen LogP contribution in [0.15, 0.2) is 0 Å². The quantitative estimate of drug-likeness (QED) is 0.759. The molecular weight excluding hydrogens is 268 g/mol. The molecular formula is C20H38N2. The van der Waals surface area contributed by atoms with Gasteiger partial charge in [0.25, 0.3) is 0 Å². The highest BCUT2D eigenvalue weighted by atomic mass is 15.3. The summed E-state index contributed by atoms with van der Waals surface area (Å²) in [5.41, 5.74) is 0.738. The van der Waals surface area contributed by atoms with Crippen molar-refractivity contribution in [2.24, 2.45) is 17.3 Å². The standard InChI is InChI=1S/C20H38N2/c1-5-17(4)18-6-8-20(9-7-18)10-12-21(13-11-20)19-14-22(15-19)16(2)3/h16-19H,5-15H2,1-4H3. The zero-order chi connectivity index (χ0) is 15.7. The van der Waals surface area contributed by atoms with Gasteiger partial charge in [-0.25, -0.2) is 0 Å². The summed E-state index contributed by atoms with van der Waals surface area (Å²) in [6, 6.07) is 1.61. The van der Waals surface area contributed by atoms with Crippen LogP contribution in [-0.2, 0) is 0 Å². The minimum absolute atomic E-state index is 0.738. The van der Waals surface area contributed by atoms with Crippen LogP contribution in [0.5, 0.6) is 0 Å². The minimum atomic E-state index is 0.738. The lowest BCUT2D eigenvalue weighted by molar-refractivity contribution is -0.0312. The van der Waals surface area contributed by atoms with E-state index in [9.17, 15) is 0 Å². The molecule has 1 aliphatic carbocycles. The van der Waals surface area contributed by atoms with Crippen molar-refractivity contribution in [1.29, 1.82) is 0 Å². The van der Waals surface area contributed by atoms with Crippen molar-refractivity contribution in [3.8, 4) is 0 Å². The maximum absolute atomic E-state index is 2.81. The Morgan fingerprint density at radius 2 is 1.55 bits per heavy atom. The normalized spacial score (nSPS) is 29.9. The summed E-state index contributed by atoms with van der Waals surface area (Å²) < 4.78 is 0. The Hall–Kier alpha value is -0.0800. The van der Waals surface area contributed by atoms with Crippen LogP contribution in [0.1, 0.15) is 72.6 Å². The number of nitrogens with zero attached hydrogens (tertiary/aromatic N) is 2. The molecule has 0 amide bonds. The van der Waals surface area contributed by atoms with E-state index < -0.39 is 0 Å². The third-order valence-electron chi connectivity index (χ3n) is 7.54. The highest BCUT2D eigenvalue weighted by Gasteiger charge is 2.42. The van der Waals surface area contributed by atoms with Gasteiger partial charge in [0.05, 0.1) is 0 Å². The van der Waals surface area contributed by atoms with E-state index >= 15 is 0 Å². The van der Waals surface area contributed by atoms with Crippen molar-refractivity contribution in [3.63, 3.8) is 0 Å². The average molecular weight is 307 g/mol. The van der Waals surface area contributed by atoms with Gasteiger partial charge >= 0.3 is 0 Å². The molecule has 0 bridgehead atoms. The second-order valence-corrected chi connectivity index (χ2v) is 8.96.